The van der Waals surface area contributed by atoms with Crippen molar-refractivity contribution in [2.45, 2.75) is 31.6 Å². The molecule has 0 bridgehead atoms. The van der Waals surface area contributed by atoms with Gasteiger partial charge in [-0.05, 0) is 54.7 Å². The van der Waals surface area contributed by atoms with E-state index in [4.69, 9.17) is 5.73 Å². The number of nitrogen functional groups attached to an aromatic ring is 1. The number of hydrogen-bond acceptors (Lipinski definition) is 4. The van der Waals surface area contributed by atoms with Crippen LogP contribution in [-0.4, -0.2) is 33.9 Å². The highest BCUT2D eigenvalue weighted by molar-refractivity contribution is 5.77. The van der Waals surface area contributed by atoms with Gasteiger partial charge in [0.15, 0.2) is 0 Å². The first-order valence-electron chi connectivity index (χ1n) is 10.4. The van der Waals surface area contributed by atoms with Crippen molar-refractivity contribution in [1.29, 1.82) is 0 Å². The maximum atomic E-state index is 13.8. The third-order valence-corrected chi connectivity index (χ3v) is 5.67. The molecule has 5 nitrogen and oxygen atoms in total. The second-order valence-corrected chi connectivity index (χ2v) is 7.84. The lowest BCUT2D eigenvalue weighted by atomic mass is 9.89. The number of nitrogens with zero attached hydrogens (tertiary/aromatic N) is 3. The number of aryl methyl sites for hydroxylation is 1. The second-order valence-electron chi connectivity index (χ2n) is 7.84. The minimum Gasteiger partial charge on any atom is -0.368 e. The molecule has 1 saturated heterocycles. The molecule has 1 atom stereocenters. The van der Waals surface area contributed by atoms with Crippen LogP contribution in [-0.2, 0) is 11.2 Å². The van der Waals surface area contributed by atoms with E-state index < -0.39 is 0 Å². The van der Waals surface area contributed by atoms with Crippen LogP contribution in [0, 0.1) is 11.6 Å². The van der Waals surface area contributed by atoms with Crippen molar-refractivity contribution < 1.29 is 13.6 Å². The predicted molar refractivity (Wildman–Crippen MR) is 115 cm³/mol. The Morgan fingerprint density at radius 3 is 2.71 bits per heavy atom. The van der Waals surface area contributed by atoms with Crippen LogP contribution < -0.4 is 5.73 Å². The quantitative estimate of drug-likeness (QED) is 0.664. The van der Waals surface area contributed by atoms with Crippen molar-refractivity contribution in [3.05, 3.63) is 77.6 Å². The van der Waals surface area contributed by atoms with Gasteiger partial charge in [0.2, 0.25) is 11.9 Å². The number of carbonyl (C=O) groups is 1. The molecule has 1 aliphatic rings. The number of likely N-dealkylation sites (tertiary alicyclic amines) is 1. The van der Waals surface area contributed by atoms with Gasteiger partial charge < -0.3 is 10.6 Å². The van der Waals surface area contributed by atoms with Gasteiger partial charge in [-0.25, -0.2) is 18.7 Å². The molecule has 160 valence electrons. The molecule has 31 heavy (non-hydrogen) atoms. The summed E-state index contributed by atoms with van der Waals surface area (Å²) >= 11 is 0. The normalized spacial score (nSPS) is 16.3. The number of aromatic nitrogens is 2. The number of hydrogen-bond donors (Lipinski definition) is 1. The smallest absolute Gasteiger partial charge is 0.222 e. The molecular formula is C24H24F2N4O. The summed E-state index contributed by atoms with van der Waals surface area (Å²) in [6.45, 7) is 1.22. The van der Waals surface area contributed by atoms with E-state index in [-0.39, 0.29) is 29.4 Å². The number of piperidine rings is 1. The van der Waals surface area contributed by atoms with E-state index in [1.54, 1.807) is 24.4 Å². The molecule has 2 N–H and O–H groups in total. The summed E-state index contributed by atoms with van der Waals surface area (Å²) in [6.07, 6.45) is 4.26. The van der Waals surface area contributed by atoms with Crippen LogP contribution in [0.5, 0.6) is 0 Å². The number of benzene rings is 2. The summed E-state index contributed by atoms with van der Waals surface area (Å²) in [5.74, 6) is -0.404. The topological polar surface area (TPSA) is 72.1 Å². The number of carbonyl (C=O) groups excluding carboxylic acids is 1. The highest BCUT2D eigenvalue weighted by Gasteiger charge is 2.28. The lowest BCUT2D eigenvalue weighted by Gasteiger charge is -2.33. The molecule has 2 heterocycles. The monoisotopic (exact) mass is 422 g/mol. The van der Waals surface area contributed by atoms with E-state index in [0.29, 0.717) is 31.5 Å². The Morgan fingerprint density at radius 2 is 1.94 bits per heavy atom. The van der Waals surface area contributed by atoms with Gasteiger partial charge in [0.05, 0.1) is 5.69 Å². The lowest BCUT2D eigenvalue weighted by molar-refractivity contribution is -0.132. The summed E-state index contributed by atoms with van der Waals surface area (Å²) in [5.41, 5.74) is 8.96. The van der Waals surface area contributed by atoms with Crippen molar-refractivity contribution in [3.63, 3.8) is 0 Å². The largest absolute Gasteiger partial charge is 0.368 e. The Morgan fingerprint density at radius 1 is 1.13 bits per heavy atom. The zero-order valence-electron chi connectivity index (χ0n) is 17.1. The molecule has 1 fully saturated rings. The highest BCUT2D eigenvalue weighted by Crippen LogP contribution is 2.33. The van der Waals surface area contributed by atoms with Crippen molar-refractivity contribution in [1.82, 2.24) is 14.9 Å². The third kappa shape index (κ3) is 5.05. The number of halogens is 2. The van der Waals surface area contributed by atoms with Crippen LogP contribution in [0.3, 0.4) is 0 Å². The summed E-state index contributed by atoms with van der Waals surface area (Å²) in [5, 5.41) is 0. The molecule has 0 unspecified atom stereocenters. The maximum absolute atomic E-state index is 13.8. The molecule has 1 aromatic heterocycles. The fraction of sp³-hybridized carbons (Fsp3) is 0.292. The highest BCUT2D eigenvalue weighted by atomic mass is 19.1. The van der Waals surface area contributed by atoms with Gasteiger partial charge in [0.25, 0.3) is 0 Å². The van der Waals surface area contributed by atoms with E-state index in [2.05, 4.69) is 9.97 Å². The van der Waals surface area contributed by atoms with E-state index in [0.717, 1.165) is 29.7 Å². The average Bonchev–Trinajstić information content (AvgIpc) is 2.78. The van der Waals surface area contributed by atoms with Crippen LogP contribution in [0.4, 0.5) is 14.7 Å². The molecule has 1 amide bonds. The number of anilines is 1. The number of rotatable bonds is 5. The van der Waals surface area contributed by atoms with Gasteiger partial charge in [0, 0.05) is 37.2 Å². The molecule has 2 aromatic carbocycles. The minimum absolute atomic E-state index is 0.00733. The van der Waals surface area contributed by atoms with E-state index in [1.165, 1.54) is 24.3 Å². The van der Waals surface area contributed by atoms with Crippen molar-refractivity contribution in [3.8, 4) is 11.1 Å². The summed E-state index contributed by atoms with van der Waals surface area (Å²) in [6, 6.07) is 12.5. The maximum Gasteiger partial charge on any atom is 0.222 e. The molecule has 0 spiro atoms. The van der Waals surface area contributed by atoms with Gasteiger partial charge in [0.1, 0.15) is 11.6 Å². The van der Waals surface area contributed by atoms with Crippen LogP contribution >= 0.6 is 0 Å². The van der Waals surface area contributed by atoms with Crippen molar-refractivity contribution in [2.75, 3.05) is 18.8 Å². The first-order valence-corrected chi connectivity index (χ1v) is 10.4. The minimum atomic E-state index is -0.332. The first-order chi connectivity index (χ1) is 15.0. The summed E-state index contributed by atoms with van der Waals surface area (Å²) in [7, 11) is 0. The molecule has 4 rings (SSSR count). The Bertz CT molecular complexity index is 1070. The van der Waals surface area contributed by atoms with Crippen LogP contribution in [0.1, 0.15) is 36.4 Å². The van der Waals surface area contributed by atoms with Gasteiger partial charge in [-0.15, -0.1) is 0 Å². The Labute approximate surface area is 179 Å². The van der Waals surface area contributed by atoms with Crippen LogP contribution in [0.15, 0.2) is 54.7 Å². The zero-order valence-corrected chi connectivity index (χ0v) is 17.1. The van der Waals surface area contributed by atoms with Gasteiger partial charge in [-0.3, -0.25) is 4.79 Å². The van der Waals surface area contributed by atoms with E-state index in [9.17, 15) is 13.6 Å². The number of nitrogens with two attached hydrogens (primary N) is 1. The summed E-state index contributed by atoms with van der Waals surface area (Å²) in [4.78, 5) is 23.2. The Balaban J connectivity index is 1.50. The first kappa shape index (κ1) is 20.9. The van der Waals surface area contributed by atoms with Gasteiger partial charge in [-0.1, -0.05) is 24.3 Å². The molecule has 0 aliphatic carbocycles. The zero-order chi connectivity index (χ0) is 21.8. The second kappa shape index (κ2) is 9.20. The Hall–Kier alpha value is -3.35. The van der Waals surface area contributed by atoms with Gasteiger partial charge >= 0.3 is 0 Å². The fourth-order valence-electron chi connectivity index (χ4n) is 4.09. The molecule has 3 aromatic rings. The van der Waals surface area contributed by atoms with Crippen LogP contribution in [0.2, 0.25) is 0 Å². The molecular weight excluding hydrogens is 398 g/mol. The van der Waals surface area contributed by atoms with E-state index in [1.807, 2.05) is 11.0 Å². The predicted octanol–water partition coefficient (Wildman–Crippen LogP) is 4.34. The van der Waals surface area contributed by atoms with Crippen molar-refractivity contribution >= 4 is 11.9 Å². The molecule has 0 saturated carbocycles. The van der Waals surface area contributed by atoms with Gasteiger partial charge in [-0.2, -0.15) is 0 Å². The summed E-state index contributed by atoms with van der Waals surface area (Å²) < 4.78 is 26.9. The molecule has 1 aliphatic heterocycles. The Kier molecular flexibility index (Phi) is 6.21. The molecule has 0 radical (unpaired) electrons. The standard InChI is InChI=1S/C24H24F2N4O/c25-19-9-6-16(7-10-19)8-11-22(31)30-12-2-4-18(15-30)23-21(14-28-24(27)29-23)17-3-1-5-20(26)13-17/h1,3,5-7,9-10,13-14,18H,2,4,8,11-12,15H2,(H2,27,28,29)/t18-/m0/s1. The number of amides is 1. The molecule has 7 heteroatoms. The third-order valence-electron chi connectivity index (χ3n) is 5.67. The average molecular weight is 422 g/mol. The fourth-order valence-corrected chi connectivity index (χ4v) is 4.09. The SMILES string of the molecule is Nc1ncc(-c2cccc(F)c2)c([C@H]2CCCN(C(=O)CCc3ccc(F)cc3)C2)n1. The van der Waals surface area contributed by atoms with Crippen molar-refractivity contribution in [2.24, 2.45) is 0 Å². The lowest BCUT2D eigenvalue weighted by Crippen LogP contribution is -2.39. The van der Waals surface area contributed by atoms with Crippen LogP contribution in [0.25, 0.3) is 11.1 Å². The van der Waals surface area contributed by atoms with E-state index >= 15 is 0 Å².